The average molecular weight is 282 g/mol. The number of nitrogens with one attached hydrogen (secondary N) is 1. The van der Waals surface area contributed by atoms with Crippen molar-refractivity contribution in [2.75, 3.05) is 6.26 Å². The lowest BCUT2D eigenvalue weighted by Crippen LogP contribution is -2.18. The predicted octanol–water partition coefficient (Wildman–Crippen LogP) is 3.85. The molecule has 2 rings (SSSR count). The van der Waals surface area contributed by atoms with Crippen molar-refractivity contribution in [2.45, 2.75) is 24.4 Å². The maximum atomic E-state index is 13.7. The molecule has 0 amide bonds. The summed E-state index contributed by atoms with van der Waals surface area (Å²) in [4.78, 5) is 4.89. The quantitative estimate of drug-likeness (QED) is 0.843. The molecule has 96 valence electrons. The van der Waals surface area contributed by atoms with Crippen LogP contribution in [0.4, 0.5) is 4.39 Å². The molecule has 2 aromatic rings. The second-order valence-corrected chi connectivity index (χ2v) is 5.54. The zero-order chi connectivity index (χ0) is 13.0. The van der Waals surface area contributed by atoms with Crippen LogP contribution < -0.4 is 5.32 Å². The first-order valence-electron chi connectivity index (χ1n) is 5.64. The van der Waals surface area contributed by atoms with Gasteiger partial charge in [-0.15, -0.1) is 23.1 Å². The Balaban J connectivity index is 2.00. The molecular weight excluding hydrogens is 267 g/mol. The predicted molar refractivity (Wildman–Crippen MR) is 75.5 cm³/mol. The fourth-order valence-electron chi connectivity index (χ4n) is 1.65. The Bertz CT molecular complexity index is 500. The number of benzene rings is 1. The van der Waals surface area contributed by atoms with Crippen LogP contribution in [0.15, 0.2) is 34.0 Å². The van der Waals surface area contributed by atoms with E-state index in [9.17, 15) is 4.39 Å². The molecule has 0 radical (unpaired) electrons. The van der Waals surface area contributed by atoms with E-state index in [-0.39, 0.29) is 11.9 Å². The summed E-state index contributed by atoms with van der Waals surface area (Å²) >= 11 is 3.00. The Morgan fingerprint density at radius 2 is 2.33 bits per heavy atom. The number of hydrogen-bond donors (Lipinski definition) is 1. The number of hydrogen-bond acceptors (Lipinski definition) is 4. The summed E-state index contributed by atoms with van der Waals surface area (Å²) in [7, 11) is 0. The Morgan fingerprint density at radius 1 is 1.50 bits per heavy atom. The molecule has 0 spiro atoms. The lowest BCUT2D eigenvalue weighted by Gasteiger charge is -2.14. The van der Waals surface area contributed by atoms with Crippen LogP contribution >= 0.6 is 23.1 Å². The van der Waals surface area contributed by atoms with Gasteiger partial charge in [-0.05, 0) is 30.9 Å². The summed E-state index contributed by atoms with van der Waals surface area (Å²) in [5.74, 6) is -0.151. The van der Waals surface area contributed by atoms with E-state index >= 15 is 0 Å². The molecule has 0 saturated carbocycles. The Labute approximate surface area is 115 Å². The topological polar surface area (TPSA) is 24.9 Å². The van der Waals surface area contributed by atoms with Crippen LogP contribution in [0.2, 0.25) is 0 Å². The third-order valence-electron chi connectivity index (χ3n) is 2.75. The van der Waals surface area contributed by atoms with E-state index in [1.807, 2.05) is 36.2 Å². The number of thiazole rings is 1. The van der Waals surface area contributed by atoms with Gasteiger partial charge < -0.3 is 5.32 Å². The van der Waals surface area contributed by atoms with Gasteiger partial charge in [0, 0.05) is 22.9 Å². The highest BCUT2D eigenvalue weighted by Crippen LogP contribution is 2.23. The molecule has 1 N–H and O–H groups in total. The summed E-state index contributed by atoms with van der Waals surface area (Å²) in [5, 5.41) is 5.35. The van der Waals surface area contributed by atoms with Gasteiger partial charge in [-0.25, -0.2) is 9.37 Å². The zero-order valence-electron chi connectivity index (χ0n) is 10.3. The average Bonchev–Trinajstić information content (AvgIpc) is 2.89. The summed E-state index contributed by atoms with van der Waals surface area (Å²) in [6.45, 7) is 2.73. The van der Waals surface area contributed by atoms with Gasteiger partial charge in [0.05, 0.1) is 11.2 Å². The van der Waals surface area contributed by atoms with Crippen LogP contribution in [-0.2, 0) is 6.54 Å². The highest BCUT2D eigenvalue weighted by Gasteiger charge is 2.09. The smallest absolute Gasteiger partial charge is 0.137 e. The maximum absolute atomic E-state index is 13.7. The molecule has 5 heteroatoms. The van der Waals surface area contributed by atoms with Gasteiger partial charge in [0.25, 0.3) is 0 Å². The van der Waals surface area contributed by atoms with E-state index in [4.69, 9.17) is 0 Å². The molecule has 18 heavy (non-hydrogen) atoms. The highest BCUT2D eigenvalue weighted by atomic mass is 32.2. The maximum Gasteiger partial charge on any atom is 0.137 e. The number of aromatic nitrogens is 1. The molecule has 0 aliphatic heterocycles. The van der Waals surface area contributed by atoms with Gasteiger partial charge in [-0.2, -0.15) is 0 Å². The van der Waals surface area contributed by atoms with E-state index in [1.165, 1.54) is 11.8 Å². The molecule has 0 saturated heterocycles. The van der Waals surface area contributed by atoms with Crippen molar-refractivity contribution in [2.24, 2.45) is 0 Å². The summed E-state index contributed by atoms with van der Waals surface area (Å²) < 4.78 is 13.7. The first kappa shape index (κ1) is 13.5. The molecule has 1 atom stereocenters. The van der Waals surface area contributed by atoms with Gasteiger partial charge >= 0.3 is 0 Å². The largest absolute Gasteiger partial charge is 0.305 e. The second kappa shape index (κ2) is 6.31. The molecule has 1 aromatic heterocycles. The van der Waals surface area contributed by atoms with E-state index in [1.54, 1.807) is 17.4 Å². The number of nitrogens with zero attached hydrogens (tertiary/aromatic N) is 1. The van der Waals surface area contributed by atoms with Crippen LogP contribution in [0.3, 0.4) is 0 Å². The minimum absolute atomic E-state index is 0.108. The first-order valence-corrected chi connectivity index (χ1v) is 7.81. The van der Waals surface area contributed by atoms with Crippen molar-refractivity contribution >= 4 is 23.1 Å². The van der Waals surface area contributed by atoms with Crippen molar-refractivity contribution in [3.8, 4) is 0 Å². The van der Waals surface area contributed by atoms with E-state index in [0.29, 0.717) is 11.4 Å². The molecule has 1 heterocycles. The van der Waals surface area contributed by atoms with Gasteiger partial charge in [-0.1, -0.05) is 6.07 Å². The fourth-order valence-corrected chi connectivity index (χ4v) is 2.67. The second-order valence-electron chi connectivity index (χ2n) is 3.98. The summed E-state index contributed by atoms with van der Waals surface area (Å²) in [5.41, 5.74) is 3.79. The van der Waals surface area contributed by atoms with Crippen LogP contribution in [-0.4, -0.2) is 11.2 Å². The van der Waals surface area contributed by atoms with Gasteiger partial charge in [0.1, 0.15) is 5.82 Å². The lowest BCUT2D eigenvalue weighted by molar-refractivity contribution is 0.555. The first-order chi connectivity index (χ1) is 8.70. The molecule has 2 nitrogen and oxygen atoms in total. The molecule has 0 aliphatic rings. The van der Waals surface area contributed by atoms with Crippen LogP contribution in [0.5, 0.6) is 0 Å². The molecule has 1 aromatic carbocycles. The van der Waals surface area contributed by atoms with Crippen molar-refractivity contribution in [1.29, 1.82) is 0 Å². The van der Waals surface area contributed by atoms with Crippen LogP contribution in [0.1, 0.15) is 24.2 Å². The minimum atomic E-state index is -0.151. The number of halogens is 1. The van der Waals surface area contributed by atoms with Crippen molar-refractivity contribution in [3.05, 3.63) is 46.2 Å². The Kier molecular flexibility index (Phi) is 4.74. The van der Waals surface area contributed by atoms with Crippen molar-refractivity contribution < 1.29 is 4.39 Å². The normalized spacial score (nSPS) is 12.6. The summed E-state index contributed by atoms with van der Waals surface area (Å²) in [6.07, 6.45) is 1.88. The van der Waals surface area contributed by atoms with Crippen molar-refractivity contribution in [3.63, 3.8) is 0 Å². The SMILES string of the molecule is CSc1ccc(C(C)NCc2cscn2)cc1F. The van der Waals surface area contributed by atoms with Crippen LogP contribution in [0, 0.1) is 5.82 Å². The van der Waals surface area contributed by atoms with Crippen molar-refractivity contribution in [1.82, 2.24) is 10.3 Å². The standard InChI is InChI=1S/C13H15FN2S2/c1-9(15-6-11-7-18-8-16-11)10-3-4-13(17-2)12(14)5-10/h3-5,7-9,15H,6H2,1-2H3. The van der Waals surface area contributed by atoms with Gasteiger partial charge in [-0.3, -0.25) is 0 Å². The number of rotatable bonds is 5. The van der Waals surface area contributed by atoms with Crippen LogP contribution in [0.25, 0.3) is 0 Å². The highest BCUT2D eigenvalue weighted by molar-refractivity contribution is 7.98. The Hall–Kier alpha value is -0.910. The summed E-state index contributed by atoms with van der Waals surface area (Å²) in [6, 6.07) is 5.51. The fraction of sp³-hybridized carbons (Fsp3) is 0.308. The molecule has 1 unspecified atom stereocenters. The van der Waals surface area contributed by atoms with E-state index in [2.05, 4.69) is 10.3 Å². The molecule has 0 fully saturated rings. The minimum Gasteiger partial charge on any atom is -0.305 e. The van der Waals surface area contributed by atoms with E-state index < -0.39 is 0 Å². The third kappa shape index (κ3) is 3.31. The zero-order valence-corrected chi connectivity index (χ0v) is 11.9. The molecular formula is C13H15FN2S2. The molecule has 0 aliphatic carbocycles. The third-order valence-corrected chi connectivity index (χ3v) is 4.15. The molecule has 0 bridgehead atoms. The number of thioether (sulfide) groups is 1. The van der Waals surface area contributed by atoms with E-state index in [0.717, 1.165) is 11.3 Å². The Morgan fingerprint density at radius 3 is 2.94 bits per heavy atom. The van der Waals surface area contributed by atoms with Gasteiger partial charge in [0.2, 0.25) is 0 Å². The van der Waals surface area contributed by atoms with Gasteiger partial charge in [0.15, 0.2) is 0 Å². The monoisotopic (exact) mass is 282 g/mol. The lowest BCUT2D eigenvalue weighted by atomic mass is 10.1.